The first-order chi connectivity index (χ1) is 23.3. The lowest BCUT2D eigenvalue weighted by Crippen LogP contribution is -2.32. The molecule has 0 saturated heterocycles. The van der Waals surface area contributed by atoms with Crippen molar-refractivity contribution in [2.75, 3.05) is 40.3 Å². The Hall–Kier alpha value is -6.11. The smallest absolute Gasteiger partial charge is 0.319 e. The summed E-state index contributed by atoms with van der Waals surface area (Å²) in [6.45, 7) is 9.80. The van der Waals surface area contributed by atoms with Crippen molar-refractivity contribution in [3.8, 4) is 5.75 Å². The fourth-order valence-corrected chi connectivity index (χ4v) is 5.50. The van der Waals surface area contributed by atoms with Crippen LogP contribution in [0.3, 0.4) is 0 Å². The van der Waals surface area contributed by atoms with Crippen molar-refractivity contribution in [2.45, 2.75) is 54.3 Å². The van der Waals surface area contributed by atoms with Gasteiger partial charge in [-0.1, -0.05) is 18.2 Å². The number of urea groups is 3. The molecule has 13 heteroatoms. The van der Waals surface area contributed by atoms with Gasteiger partial charge in [0.05, 0.1) is 41.2 Å². The Labute approximate surface area is 286 Å². The van der Waals surface area contributed by atoms with Crippen molar-refractivity contribution in [1.82, 2.24) is 16.0 Å². The van der Waals surface area contributed by atoms with Crippen LogP contribution in [0.4, 0.5) is 48.5 Å². The van der Waals surface area contributed by atoms with Gasteiger partial charge in [-0.15, -0.1) is 0 Å². The van der Waals surface area contributed by atoms with Crippen LogP contribution in [0.15, 0.2) is 54.6 Å². The van der Waals surface area contributed by atoms with Crippen molar-refractivity contribution in [1.29, 1.82) is 0 Å². The Kier molecular flexibility index (Phi) is 11.4. The van der Waals surface area contributed by atoms with Gasteiger partial charge in [0, 0.05) is 30.8 Å². The minimum absolute atomic E-state index is 0.0745. The lowest BCUT2D eigenvalue weighted by Gasteiger charge is -2.24. The topological polar surface area (TPSA) is 211 Å². The molecule has 6 amide bonds. The molecule has 0 aromatic heterocycles. The molecule has 0 unspecified atom stereocenters. The van der Waals surface area contributed by atoms with Crippen LogP contribution in [0.25, 0.3) is 0 Å². The van der Waals surface area contributed by atoms with Gasteiger partial charge in [0.15, 0.2) is 0 Å². The fraction of sp³-hybridized carbons (Fsp3) is 0.250. The Morgan fingerprint density at radius 3 is 1.12 bits per heavy atom. The number of benzene rings is 4. The van der Waals surface area contributed by atoms with Gasteiger partial charge < -0.3 is 53.8 Å². The first-order valence-electron chi connectivity index (χ1n) is 15.7. The van der Waals surface area contributed by atoms with Crippen LogP contribution in [-0.2, 0) is 19.6 Å². The molecule has 258 valence electrons. The normalized spacial score (nSPS) is 10.6. The number of aryl methyl sites for hydroxylation is 3. The van der Waals surface area contributed by atoms with E-state index < -0.39 is 18.1 Å². The number of anilines is 6. The highest BCUT2D eigenvalue weighted by atomic mass is 16.5. The van der Waals surface area contributed by atoms with E-state index in [-0.39, 0.29) is 19.6 Å². The van der Waals surface area contributed by atoms with Gasteiger partial charge >= 0.3 is 18.1 Å². The number of nitrogens with two attached hydrogens (primary N) is 3. The van der Waals surface area contributed by atoms with E-state index >= 15 is 0 Å². The monoisotopic (exact) mass is 667 g/mol. The third kappa shape index (κ3) is 9.04. The highest BCUT2D eigenvalue weighted by Crippen LogP contribution is 2.34. The zero-order valence-electron chi connectivity index (χ0n) is 28.7. The number of hydrogen-bond donors (Lipinski definition) is 9. The van der Waals surface area contributed by atoms with E-state index in [4.69, 9.17) is 21.9 Å². The van der Waals surface area contributed by atoms with Crippen molar-refractivity contribution in [3.63, 3.8) is 0 Å². The highest BCUT2D eigenvalue weighted by Gasteiger charge is 2.22. The predicted octanol–water partition coefficient (Wildman–Crippen LogP) is 5.95. The molecule has 13 nitrogen and oxygen atoms in total. The number of methoxy groups -OCH3 is 1. The number of hydrogen-bond acceptors (Lipinski definition) is 7. The van der Waals surface area contributed by atoms with E-state index in [9.17, 15) is 14.4 Å². The van der Waals surface area contributed by atoms with Gasteiger partial charge in [0.25, 0.3) is 0 Å². The van der Waals surface area contributed by atoms with E-state index in [1.807, 2.05) is 52.8 Å². The SMILES string of the molecule is COc1c(CNC(=O)Nc2ccc(C)cc2N)c(C)c(CNC(=O)Nc2ccc(C)cc2N)c(C)c1CNC(=O)Nc1ccc(C)cc1N. The second kappa shape index (κ2) is 15.7. The summed E-state index contributed by atoms with van der Waals surface area (Å²) in [4.78, 5) is 38.9. The Balaban J connectivity index is 1.59. The maximum Gasteiger partial charge on any atom is 0.319 e. The summed E-state index contributed by atoms with van der Waals surface area (Å²) in [5.41, 5.74) is 27.7. The number of rotatable bonds is 10. The summed E-state index contributed by atoms with van der Waals surface area (Å²) >= 11 is 0. The minimum Gasteiger partial charge on any atom is -0.496 e. The standard InChI is InChI=1S/C36H45N9O4/c1-19-7-10-30(27(37)13-19)43-34(46)40-16-24-22(4)25(17-41-35(47)44-31-11-8-20(2)14-28(31)38)33(49-6)26(23(24)5)18-42-36(48)45-32-12-9-21(3)15-29(32)39/h7-15H,16-18,37-39H2,1-6H3,(H2,40,43,46)(H2,41,44,47)(H2,42,45,48). The first-order valence-corrected chi connectivity index (χ1v) is 15.7. The van der Waals surface area contributed by atoms with E-state index in [1.54, 1.807) is 36.4 Å². The largest absolute Gasteiger partial charge is 0.496 e. The molecule has 0 radical (unpaired) electrons. The lowest BCUT2D eigenvalue weighted by atomic mass is 9.91. The summed E-state index contributed by atoms with van der Waals surface area (Å²) < 4.78 is 5.89. The molecule has 0 heterocycles. The van der Waals surface area contributed by atoms with Crippen molar-refractivity contribution in [2.24, 2.45) is 0 Å². The molecule has 49 heavy (non-hydrogen) atoms. The van der Waals surface area contributed by atoms with Crippen LogP contribution in [-0.4, -0.2) is 25.2 Å². The molecule has 0 bridgehead atoms. The Morgan fingerprint density at radius 2 is 0.837 bits per heavy atom. The van der Waals surface area contributed by atoms with Gasteiger partial charge in [-0.25, -0.2) is 14.4 Å². The molecular formula is C36H45N9O4. The molecule has 0 atom stereocenters. The van der Waals surface area contributed by atoms with Gasteiger partial charge in [-0.2, -0.15) is 0 Å². The summed E-state index contributed by atoms with van der Waals surface area (Å²) in [7, 11) is 1.53. The average molecular weight is 668 g/mol. The molecule has 12 N–H and O–H groups in total. The van der Waals surface area contributed by atoms with Crippen molar-refractivity contribution >= 4 is 52.2 Å². The van der Waals surface area contributed by atoms with E-state index in [0.29, 0.717) is 51.0 Å². The number of amides is 6. The van der Waals surface area contributed by atoms with Crippen LogP contribution < -0.4 is 53.8 Å². The number of nitrogens with one attached hydrogen (secondary N) is 6. The second-order valence-corrected chi connectivity index (χ2v) is 11.9. The van der Waals surface area contributed by atoms with Crippen molar-refractivity contribution in [3.05, 3.63) is 99.1 Å². The average Bonchev–Trinajstić information content (AvgIpc) is 3.03. The van der Waals surface area contributed by atoms with E-state index in [0.717, 1.165) is 33.4 Å². The van der Waals surface area contributed by atoms with Gasteiger partial charge in [0.1, 0.15) is 5.75 Å². The summed E-state index contributed by atoms with van der Waals surface area (Å²) in [6, 6.07) is 14.7. The summed E-state index contributed by atoms with van der Waals surface area (Å²) in [6.07, 6.45) is 0. The third-order valence-corrected chi connectivity index (χ3v) is 8.21. The summed E-state index contributed by atoms with van der Waals surface area (Å²) in [5, 5.41) is 17.0. The van der Waals surface area contributed by atoms with Crippen molar-refractivity contribution < 1.29 is 19.1 Å². The number of nitrogen functional groups attached to an aromatic ring is 3. The van der Waals surface area contributed by atoms with Crippen LogP contribution in [0, 0.1) is 34.6 Å². The van der Waals surface area contributed by atoms with E-state index in [1.165, 1.54) is 7.11 Å². The lowest BCUT2D eigenvalue weighted by molar-refractivity contribution is 0.251. The first kappa shape index (κ1) is 35.7. The molecule has 0 aliphatic rings. The maximum atomic E-state index is 13.0. The van der Waals surface area contributed by atoms with Crippen LogP contribution >= 0.6 is 0 Å². The molecule has 0 fully saturated rings. The molecule has 0 aliphatic heterocycles. The molecule has 0 aliphatic carbocycles. The molecule has 4 aromatic rings. The summed E-state index contributed by atoms with van der Waals surface area (Å²) in [5.74, 6) is 0.487. The zero-order valence-corrected chi connectivity index (χ0v) is 28.7. The Bertz CT molecular complexity index is 1790. The minimum atomic E-state index is -0.470. The van der Waals surface area contributed by atoms with Crippen LogP contribution in [0.5, 0.6) is 5.75 Å². The molecule has 0 saturated carbocycles. The quantitative estimate of drug-likeness (QED) is 0.0927. The molecule has 0 spiro atoms. The third-order valence-electron chi connectivity index (χ3n) is 8.21. The van der Waals surface area contributed by atoms with Crippen LogP contribution in [0.1, 0.15) is 44.5 Å². The molecular weight excluding hydrogens is 622 g/mol. The molecule has 4 aromatic carbocycles. The number of carbonyl (C=O) groups is 3. The number of carbonyl (C=O) groups excluding carboxylic acids is 3. The maximum absolute atomic E-state index is 13.0. The van der Waals surface area contributed by atoms with E-state index in [2.05, 4.69) is 31.9 Å². The molecule has 4 rings (SSSR count). The highest BCUT2D eigenvalue weighted by molar-refractivity contribution is 5.94. The fourth-order valence-electron chi connectivity index (χ4n) is 5.50. The second-order valence-electron chi connectivity index (χ2n) is 11.9. The zero-order chi connectivity index (χ0) is 35.8. The Morgan fingerprint density at radius 1 is 0.531 bits per heavy atom. The van der Waals surface area contributed by atoms with Gasteiger partial charge in [-0.3, -0.25) is 0 Å². The van der Waals surface area contributed by atoms with Gasteiger partial charge in [-0.05, 0) is 104 Å². The van der Waals surface area contributed by atoms with Crippen LogP contribution in [0.2, 0.25) is 0 Å². The van der Waals surface area contributed by atoms with Gasteiger partial charge in [0.2, 0.25) is 0 Å². The predicted molar refractivity (Wildman–Crippen MR) is 197 cm³/mol. The number of ether oxygens (including phenoxy) is 1.